The number of ether oxygens (including phenoxy) is 1. The topological polar surface area (TPSA) is 29.1 Å². The van der Waals surface area contributed by atoms with E-state index in [1.54, 1.807) is 6.07 Å². The van der Waals surface area contributed by atoms with Gasteiger partial charge in [0.1, 0.15) is 18.0 Å². The first-order valence-electron chi connectivity index (χ1n) is 4.37. The van der Waals surface area contributed by atoms with Crippen molar-refractivity contribution < 1.29 is 9.84 Å². The van der Waals surface area contributed by atoms with Crippen molar-refractivity contribution in [3.05, 3.63) is 29.8 Å². The quantitative estimate of drug-likeness (QED) is 0.686. The minimum Gasteiger partial charge on any atom is -0.488 e. The molecule has 1 radical (unpaired) electrons. The summed E-state index contributed by atoms with van der Waals surface area (Å²) in [5.41, 5.74) is 0.559. The fourth-order valence-electron chi connectivity index (χ4n) is 1.05. The lowest BCUT2D eigenvalue weighted by Crippen LogP contribution is -2.22. The van der Waals surface area contributed by atoms with Crippen LogP contribution >= 0.6 is 0 Å². The van der Waals surface area contributed by atoms with Crippen LogP contribution in [0.25, 0.3) is 0 Å². The Kier molecular flexibility index (Phi) is 2.94. The van der Waals surface area contributed by atoms with Gasteiger partial charge in [0.25, 0.3) is 0 Å². The molecule has 71 valence electrons. The highest BCUT2D eigenvalue weighted by atomic mass is 16.5. The molecule has 0 fully saturated rings. The SMILES string of the molecule is CC(C)(C)Oc1cccc(C[O])c1. The third-order valence-corrected chi connectivity index (χ3v) is 1.49. The van der Waals surface area contributed by atoms with Gasteiger partial charge in [0.15, 0.2) is 0 Å². The number of benzene rings is 1. The minimum absolute atomic E-state index is 0.193. The van der Waals surface area contributed by atoms with Crippen molar-refractivity contribution in [3.63, 3.8) is 0 Å². The van der Waals surface area contributed by atoms with E-state index in [1.807, 2.05) is 39.0 Å². The summed E-state index contributed by atoms with van der Waals surface area (Å²) >= 11 is 0. The van der Waals surface area contributed by atoms with E-state index in [0.29, 0.717) is 0 Å². The Hall–Kier alpha value is -1.02. The Morgan fingerprint density at radius 3 is 2.54 bits per heavy atom. The van der Waals surface area contributed by atoms with Crippen LogP contribution in [0.4, 0.5) is 0 Å². The molecule has 0 amide bonds. The largest absolute Gasteiger partial charge is 0.488 e. The highest BCUT2D eigenvalue weighted by Crippen LogP contribution is 2.19. The van der Waals surface area contributed by atoms with Gasteiger partial charge < -0.3 is 4.74 Å². The van der Waals surface area contributed by atoms with Crippen molar-refractivity contribution in [3.8, 4) is 5.75 Å². The molecule has 2 heteroatoms. The number of hydrogen-bond donors (Lipinski definition) is 0. The van der Waals surface area contributed by atoms with E-state index >= 15 is 0 Å². The van der Waals surface area contributed by atoms with Gasteiger partial charge in [-0.1, -0.05) is 12.1 Å². The molecule has 1 aromatic carbocycles. The van der Waals surface area contributed by atoms with Crippen LogP contribution in [0, 0.1) is 0 Å². The third kappa shape index (κ3) is 3.47. The molecule has 0 atom stereocenters. The van der Waals surface area contributed by atoms with Crippen LogP contribution in [0.5, 0.6) is 5.75 Å². The van der Waals surface area contributed by atoms with E-state index in [-0.39, 0.29) is 12.2 Å². The van der Waals surface area contributed by atoms with Gasteiger partial charge in [-0.15, -0.1) is 0 Å². The zero-order valence-corrected chi connectivity index (χ0v) is 8.33. The molecule has 0 unspecified atom stereocenters. The fraction of sp³-hybridized carbons (Fsp3) is 0.455. The van der Waals surface area contributed by atoms with Crippen molar-refractivity contribution in [2.45, 2.75) is 33.0 Å². The second-order valence-corrected chi connectivity index (χ2v) is 4.01. The Labute approximate surface area is 79.2 Å². The lowest BCUT2D eigenvalue weighted by atomic mass is 10.2. The first-order chi connectivity index (χ1) is 6.01. The van der Waals surface area contributed by atoms with E-state index in [4.69, 9.17) is 4.74 Å². The third-order valence-electron chi connectivity index (χ3n) is 1.49. The van der Waals surface area contributed by atoms with Crippen molar-refractivity contribution in [1.29, 1.82) is 0 Å². The second-order valence-electron chi connectivity index (χ2n) is 4.01. The zero-order valence-electron chi connectivity index (χ0n) is 8.33. The maximum atomic E-state index is 10.6. The summed E-state index contributed by atoms with van der Waals surface area (Å²) in [5.74, 6) is 0.765. The molecule has 0 heterocycles. The molecule has 0 aliphatic rings. The van der Waals surface area contributed by atoms with Crippen LogP contribution in [0.1, 0.15) is 26.3 Å². The average Bonchev–Trinajstić information content (AvgIpc) is 2.01. The molecule has 0 N–H and O–H groups in total. The molecule has 1 aromatic rings. The van der Waals surface area contributed by atoms with E-state index in [2.05, 4.69) is 0 Å². The Morgan fingerprint density at radius 2 is 2.00 bits per heavy atom. The Bertz CT molecular complexity index is 274. The summed E-state index contributed by atoms with van der Waals surface area (Å²) in [4.78, 5) is 0. The highest BCUT2D eigenvalue weighted by molar-refractivity contribution is 5.28. The van der Waals surface area contributed by atoms with Crippen molar-refractivity contribution in [1.82, 2.24) is 0 Å². The van der Waals surface area contributed by atoms with Gasteiger partial charge in [0, 0.05) is 0 Å². The summed E-state index contributed by atoms with van der Waals surface area (Å²) in [6.07, 6.45) is 0. The lowest BCUT2D eigenvalue weighted by Gasteiger charge is -2.21. The second kappa shape index (κ2) is 3.79. The molecule has 0 aromatic heterocycles. The standard InChI is InChI=1S/C11H15O2/c1-11(2,3)13-10-6-4-5-9(7-10)8-12/h4-7H,8H2,1-3H3. The van der Waals surface area contributed by atoms with Crippen molar-refractivity contribution >= 4 is 0 Å². The van der Waals surface area contributed by atoms with Crippen LogP contribution in [0.2, 0.25) is 0 Å². The van der Waals surface area contributed by atoms with E-state index in [9.17, 15) is 5.11 Å². The molecule has 2 nitrogen and oxygen atoms in total. The van der Waals surface area contributed by atoms with Gasteiger partial charge in [0.2, 0.25) is 0 Å². The number of hydrogen-bond acceptors (Lipinski definition) is 1. The fourth-order valence-corrected chi connectivity index (χ4v) is 1.05. The predicted octanol–water partition coefficient (Wildman–Crippen LogP) is 2.79. The zero-order chi connectivity index (χ0) is 9.90. The van der Waals surface area contributed by atoms with Gasteiger partial charge in [0.05, 0.1) is 0 Å². The summed E-state index contributed by atoms with van der Waals surface area (Å²) in [6.45, 7) is 5.76. The Morgan fingerprint density at radius 1 is 1.31 bits per heavy atom. The summed E-state index contributed by atoms with van der Waals surface area (Å²) < 4.78 is 5.61. The van der Waals surface area contributed by atoms with Gasteiger partial charge in [-0.05, 0) is 38.5 Å². The average molecular weight is 179 g/mol. The molecular weight excluding hydrogens is 164 g/mol. The Balaban J connectivity index is 2.78. The molecule has 0 bridgehead atoms. The molecule has 0 aliphatic carbocycles. The van der Waals surface area contributed by atoms with Crippen LogP contribution < -0.4 is 4.74 Å². The van der Waals surface area contributed by atoms with Crippen LogP contribution in [-0.4, -0.2) is 5.60 Å². The van der Waals surface area contributed by atoms with Crippen LogP contribution in [-0.2, 0) is 11.7 Å². The van der Waals surface area contributed by atoms with Crippen LogP contribution in [0.3, 0.4) is 0 Å². The highest BCUT2D eigenvalue weighted by Gasteiger charge is 2.11. The molecule has 0 saturated carbocycles. The molecular formula is C11H15O2. The van der Waals surface area contributed by atoms with Gasteiger partial charge in [-0.2, -0.15) is 0 Å². The predicted molar refractivity (Wildman–Crippen MR) is 51.2 cm³/mol. The van der Waals surface area contributed by atoms with Crippen LogP contribution in [0.15, 0.2) is 24.3 Å². The molecule has 13 heavy (non-hydrogen) atoms. The van der Waals surface area contributed by atoms with Gasteiger partial charge in [-0.25, -0.2) is 5.11 Å². The monoisotopic (exact) mass is 179 g/mol. The smallest absolute Gasteiger partial charge is 0.120 e. The maximum absolute atomic E-state index is 10.6. The number of rotatable bonds is 2. The molecule has 0 spiro atoms. The van der Waals surface area contributed by atoms with E-state index in [0.717, 1.165) is 11.3 Å². The maximum Gasteiger partial charge on any atom is 0.120 e. The van der Waals surface area contributed by atoms with Gasteiger partial charge in [-0.3, -0.25) is 0 Å². The lowest BCUT2D eigenvalue weighted by molar-refractivity contribution is 0.129. The minimum atomic E-state index is -0.207. The van der Waals surface area contributed by atoms with Crippen molar-refractivity contribution in [2.75, 3.05) is 0 Å². The molecule has 0 aliphatic heterocycles. The first-order valence-corrected chi connectivity index (χ1v) is 4.37. The van der Waals surface area contributed by atoms with E-state index in [1.165, 1.54) is 0 Å². The molecule has 0 saturated heterocycles. The van der Waals surface area contributed by atoms with E-state index < -0.39 is 0 Å². The summed E-state index contributed by atoms with van der Waals surface area (Å²) in [7, 11) is 0. The van der Waals surface area contributed by atoms with Crippen molar-refractivity contribution in [2.24, 2.45) is 0 Å². The van der Waals surface area contributed by atoms with Gasteiger partial charge >= 0.3 is 0 Å². The normalized spacial score (nSPS) is 11.4. The summed E-state index contributed by atoms with van der Waals surface area (Å²) in [6, 6.07) is 7.31. The summed E-state index contributed by atoms with van der Waals surface area (Å²) in [5, 5.41) is 10.6. The first kappa shape index (κ1) is 10.1. The molecule has 1 rings (SSSR count).